The summed E-state index contributed by atoms with van der Waals surface area (Å²) >= 11 is 0. The molecule has 1 rings (SSSR count). The summed E-state index contributed by atoms with van der Waals surface area (Å²) < 4.78 is 0. The fourth-order valence-corrected chi connectivity index (χ4v) is 1.81. The van der Waals surface area contributed by atoms with Crippen LogP contribution in [0.4, 0.5) is 0 Å². The van der Waals surface area contributed by atoms with Gasteiger partial charge in [-0.05, 0) is 39.5 Å². The van der Waals surface area contributed by atoms with Crippen molar-refractivity contribution in [1.82, 2.24) is 5.32 Å². The second-order valence-electron chi connectivity index (χ2n) is 5.34. The molecular formula is C10H21NO. The van der Waals surface area contributed by atoms with Crippen molar-refractivity contribution in [1.29, 1.82) is 0 Å². The fourth-order valence-electron chi connectivity index (χ4n) is 1.81. The molecule has 1 aliphatic carbocycles. The zero-order valence-electron chi connectivity index (χ0n) is 8.65. The Morgan fingerprint density at radius 2 is 1.92 bits per heavy atom. The second kappa shape index (κ2) is 3.00. The average molecular weight is 171 g/mol. The lowest BCUT2D eigenvalue weighted by molar-refractivity contribution is -0.0684. The molecule has 0 heterocycles. The largest absolute Gasteiger partial charge is 0.389 e. The molecule has 0 aromatic heterocycles. The van der Waals surface area contributed by atoms with Gasteiger partial charge >= 0.3 is 0 Å². The summed E-state index contributed by atoms with van der Waals surface area (Å²) in [7, 11) is 0. The molecule has 2 heteroatoms. The Bertz CT molecular complexity index is 154. The van der Waals surface area contributed by atoms with E-state index in [1.165, 1.54) is 0 Å². The summed E-state index contributed by atoms with van der Waals surface area (Å²) in [5.74, 6) is 0.705. The van der Waals surface area contributed by atoms with Gasteiger partial charge in [0.05, 0.1) is 5.60 Å². The van der Waals surface area contributed by atoms with Gasteiger partial charge in [-0.3, -0.25) is 0 Å². The van der Waals surface area contributed by atoms with Crippen LogP contribution in [0.15, 0.2) is 0 Å². The number of hydrogen-bond acceptors (Lipinski definition) is 2. The van der Waals surface area contributed by atoms with E-state index in [1.807, 2.05) is 0 Å². The average Bonchev–Trinajstić information content (AvgIpc) is 1.79. The molecule has 12 heavy (non-hydrogen) atoms. The Labute approximate surface area is 75.4 Å². The zero-order chi connectivity index (χ0) is 9.41. The first kappa shape index (κ1) is 10.0. The first-order valence-electron chi connectivity index (χ1n) is 4.78. The molecule has 72 valence electrons. The maximum Gasteiger partial charge on any atom is 0.0776 e. The van der Waals surface area contributed by atoms with Gasteiger partial charge in [0.25, 0.3) is 0 Å². The lowest BCUT2D eigenvalue weighted by Crippen LogP contribution is -2.54. The van der Waals surface area contributed by atoms with Crippen LogP contribution < -0.4 is 5.32 Å². The predicted octanol–water partition coefficient (Wildman–Crippen LogP) is 1.54. The molecule has 0 atom stereocenters. The Morgan fingerprint density at radius 1 is 1.42 bits per heavy atom. The third kappa shape index (κ3) is 2.76. The van der Waals surface area contributed by atoms with Gasteiger partial charge in [-0.2, -0.15) is 0 Å². The van der Waals surface area contributed by atoms with Crippen molar-refractivity contribution in [3.8, 4) is 0 Å². The maximum absolute atomic E-state index is 9.88. The van der Waals surface area contributed by atoms with E-state index in [1.54, 1.807) is 0 Å². The minimum Gasteiger partial charge on any atom is -0.389 e. The second-order valence-corrected chi connectivity index (χ2v) is 5.34. The van der Waals surface area contributed by atoms with Crippen molar-refractivity contribution in [3.63, 3.8) is 0 Å². The van der Waals surface area contributed by atoms with Crippen LogP contribution in [0.1, 0.15) is 40.5 Å². The van der Waals surface area contributed by atoms with Crippen LogP contribution in [0.5, 0.6) is 0 Å². The van der Waals surface area contributed by atoms with Crippen LogP contribution >= 0.6 is 0 Å². The van der Waals surface area contributed by atoms with Crippen LogP contribution in [0.3, 0.4) is 0 Å². The minimum atomic E-state index is -0.410. The molecule has 0 unspecified atom stereocenters. The molecule has 0 aromatic rings. The summed E-state index contributed by atoms with van der Waals surface area (Å²) in [6, 6.07) is 0. The number of hydrogen-bond donors (Lipinski definition) is 2. The normalized spacial score (nSPS) is 36.2. The van der Waals surface area contributed by atoms with E-state index < -0.39 is 5.60 Å². The third-order valence-corrected chi connectivity index (χ3v) is 2.40. The van der Waals surface area contributed by atoms with Gasteiger partial charge < -0.3 is 10.4 Å². The number of rotatable bonds is 2. The SMILES string of the molecule is CC1CC(O)(CNC(C)(C)C)C1. The van der Waals surface area contributed by atoms with Crippen molar-refractivity contribution in [2.45, 2.75) is 51.7 Å². The lowest BCUT2D eigenvalue weighted by Gasteiger charge is -2.43. The quantitative estimate of drug-likeness (QED) is 0.660. The number of nitrogens with one attached hydrogen (secondary N) is 1. The Balaban J connectivity index is 2.24. The highest BCUT2D eigenvalue weighted by Crippen LogP contribution is 2.36. The van der Waals surface area contributed by atoms with Gasteiger partial charge in [0.15, 0.2) is 0 Å². The van der Waals surface area contributed by atoms with Gasteiger partial charge in [0, 0.05) is 12.1 Å². The topological polar surface area (TPSA) is 32.3 Å². The molecule has 0 aliphatic heterocycles. The van der Waals surface area contributed by atoms with Gasteiger partial charge in [0.1, 0.15) is 0 Å². The number of aliphatic hydroxyl groups is 1. The van der Waals surface area contributed by atoms with E-state index in [9.17, 15) is 5.11 Å². The lowest BCUT2D eigenvalue weighted by atomic mass is 9.72. The highest BCUT2D eigenvalue weighted by molar-refractivity contribution is 4.95. The van der Waals surface area contributed by atoms with Crippen LogP contribution in [0.2, 0.25) is 0 Å². The van der Waals surface area contributed by atoms with Gasteiger partial charge in [-0.15, -0.1) is 0 Å². The van der Waals surface area contributed by atoms with E-state index in [0.29, 0.717) is 5.92 Å². The molecule has 0 radical (unpaired) electrons. The highest BCUT2D eigenvalue weighted by Gasteiger charge is 2.40. The summed E-state index contributed by atoms with van der Waals surface area (Å²) in [5.41, 5.74) is -0.290. The van der Waals surface area contributed by atoms with E-state index in [-0.39, 0.29) is 5.54 Å². The molecular weight excluding hydrogens is 150 g/mol. The monoisotopic (exact) mass is 171 g/mol. The molecule has 1 fully saturated rings. The minimum absolute atomic E-state index is 0.120. The molecule has 1 aliphatic rings. The van der Waals surface area contributed by atoms with Gasteiger partial charge in [-0.1, -0.05) is 6.92 Å². The Hall–Kier alpha value is -0.0800. The van der Waals surface area contributed by atoms with E-state index >= 15 is 0 Å². The van der Waals surface area contributed by atoms with Gasteiger partial charge in [-0.25, -0.2) is 0 Å². The first-order valence-corrected chi connectivity index (χ1v) is 4.78. The van der Waals surface area contributed by atoms with Gasteiger partial charge in [0.2, 0.25) is 0 Å². The van der Waals surface area contributed by atoms with Crippen molar-refractivity contribution >= 4 is 0 Å². The molecule has 0 saturated heterocycles. The summed E-state index contributed by atoms with van der Waals surface area (Å²) in [6.07, 6.45) is 1.91. The smallest absolute Gasteiger partial charge is 0.0776 e. The van der Waals surface area contributed by atoms with E-state index in [0.717, 1.165) is 19.4 Å². The molecule has 0 amide bonds. The van der Waals surface area contributed by atoms with Crippen molar-refractivity contribution in [2.75, 3.05) is 6.54 Å². The Kier molecular flexibility index (Phi) is 2.50. The third-order valence-electron chi connectivity index (χ3n) is 2.40. The molecule has 0 bridgehead atoms. The van der Waals surface area contributed by atoms with Crippen molar-refractivity contribution in [3.05, 3.63) is 0 Å². The van der Waals surface area contributed by atoms with Crippen molar-refractivity contribution < 1.29 is 5.11 Å². The molecule has 0 aromatic carbocycles. The molecule has 0 spiro atoms. The highest BCUT2D eigenvalue weighted by atomic mass is 16.3. The first-order chi connectivity index (χ1) is 5.31. The Morgan fingerprint density at radius 3 is 2.25 bits per heavy atom. The summed E-state index contributed by atoms with van der Waals surface area (Å²) in [4.78, 5) is 0. The van der Waals surface area contributed by atoms with E-state index in [4.69, 9.17) is 0 Å². The fraction of sp³-hybridized carbons (Fsp3) is 1.00. The van der Waals surface area contributed by atoms with Crippen LogP contribution in [-0.4, -0.2) is 22.8 Å². The van der Waals surface area contributed by atoms with Crippen molar-refractivity contribution in [2.24, 2.45) is 5.92 Å². The van der Waals surface area contributed by atoms with E-state index in [2.05, 4.69) is 33.0 Å². The van der Waals surface area contributed by atoms with Crippen LogP contribution in [0.25, 0.3) is 0 Å². The maximum atomic E-state index is 9.88. The molecule has 2 N–H and O–H groups in total. The predicted molar refractivity (Wildman–Crippen MR) is 51.1 cm³/mol. The summed E-state index contributed by atoms with van der Waals surface area (Å²) in [6.45, 7) is 9.29. The van der Waals surface area contributed by atoms with Crippen LogP contribution in [-0.2, 0) is 0 Å². The molecule has 1 saturated carbocycles. The summed E-state index contributed by atoms with van der Waals surface area (Å²) in [5, 5.41) is 13.2. The van der Waals surface area contributed by atoms with Crippen LogP contribution in [0, 0.1) is 5.92 Å². The molecule has 2 nitrogen and oxygen atoms in total. The number of β-amino-alcohol motifs (C(OH)–C–C–N with tert-alkyl or cyclic N) is 1. The standard InChI is InChI=1S/C10H21NO/c1-8-5-10(12,6-8)7-11-9(2,3)4/h8,11-12H,5-7H2,1-4H3. The zero-order valence-corrected chi connectivity index (χ0v) is 8.65.